The molecular formula is C8H13N3O3S2. The Hall–Kier alpha value is -1.12. The number of nitrogen functional groups attached to an aromatic ring is 1. The van der Waals surface area contributed by atoms with Crippen molar-refractivity contribution in [2.24, 2.45) is 5.73 Å². The van der Waals surface area contributed by atoms with Gasteiger partial charge in [-0.1, -0.05) is 0 Å². The average Bonchev–Trinajstić information content (AvgIpc) is 2.60. The van der Waals surface area contributed by atoms with Crippen molar-refractivity contribution in [1.29, 1.82) is 0 Å². The molecule has 1 aromatic heterocycles. The van der Waals surface area contributed by atoms with Crippen LogP contribution in [0.2, 0.25) is 0 Å². The van der Waals surface area contributed by atoms with Gasteiger partial charge in [-0.15, -0.1) is 11.3 Å². The number of rotatable bonds is 6. The van der Waals surface area contributed by atoms with Crippen LogP contribution in [-0.4, -0.2) is 20.9 Å². The van der Waals surface area contributed by atoms with Gasteiger partial charge in [0.25, 0.3) is 0 Å². The molecule has 0 saturated heterocycles. The third-order valence-corrected chi connectivity index (χ3v) is 4.67. The monoisotopic (exact) mass is 263 g/mol. The Morgan fingerprint density at radius 3 is 2.69 bits per heavy atom. The fraction of sp³-hybridized carbons (Fsp3) is 0.375. The summed E-state index contributed by atoms with van der Waals surface area (Å²) < 4.78 is 25.8. The van der Waals surface area contributed by atoms with Crippen molar-refractivity contribution < 1.29 is 13.2 Å². The van der Waals surface area contributed by atoms with E-state index in [0.717, 1.165) is 11.3 Å². The number of sulfonamides is 1. The zero-order chi connectivity index (χ0) is 12.2. The maximum atomic E-state index is 11.6. The lowest BCUT2D eigenvalue weighted by Gasteiger charge is -2.03. The molecule has 1 aromatic rings. The Bertz CT molecular complexity index is 467. The largest absolute Gasteiger partial charge is 0.398 e. The highest BCUT2D eigenvalue weighted by Gasteiger charge is 2.15. The minimum absolute atomic E-state index is 0.162. The number of amides is 1. The predicted octanol–water partition coefficient (Wildman–Crippen LogP) is -0.126. The molecule has 8 heteroatoms. The maximum Gasteiger partial charge on any atom is 0.250 e. The van der Waals surface area contributed by atoms with E-state index in [9.17, 15) is 13.2 Å². The third kappa shape index (κ3) is 3.80. The molecule has 1 amide bonds. The van der Waals surface area contributed by atoms with E-state index in [4.69, 9.17) is 11.5 Å². The number of nitrogens with two attached hydrogens (primary N) is 2. The van der Waals surface area contributed by atoms with Crippen LogP contribution >= 0.6 is 11.3 Å². The highest BCUT2D eigenvalue weighted by molar-refractivity contribution is 7.91. The van der Waals surface area contributed by atoms with Crippen molar-refractivity contribution in [3.63, 3.8) is 0 Å². The van der Waals surface area contributed by atoms with Gasteiger partial charge in [0, 0.05) is 24.0 Å². The fourth-order valence-corrected chi connectivity index (χ4v) is 3.21. The molecule has 0 fully saturated rings. The number of thiophene rings is 1. The molecule has 90 valence electrons. The Morgan fingerprint density at radius 1 is 1.50 bits per heavy atom. The molecule has 0 radical (unpaired) electrons. The number of anilines is 1. The fourth-order valence-electron chi connectivity index (χ4n) is 1.01. The molecule has 16 heavy (non-hydrogen) atoms. The van der Waals surface area contributed by atoms with Gasteiger partial charge >= 0.3 is 0 Å². The van der Waals surface area contributed by atoms with E-state index in [2.05, 4.69) is 4.72 Å². The predicted molar refractivity (Wildman–Crippen MR) is 62.3 cm³/mol. The molecular weight excluding hydrogens is 250 g/mol. The number of hydrogen-bond acceptors (Lipinski definition) is 5. The molecule has 0 aromatic carbocycles. The number of nitrogens with one attached hydrogen (secondary N) is 1. The van der Waals surface area contributed by atoms with Gasteiger partial charge in [0.2, 0.25) is 15.9 Å². The van der Waals surface area contributed by atoms with Crippen molar-refractivity contribution >= 4 is 33.0 Å². The highest BCUT2D eigenvalue weighted by Crippen LogP contribution is 2.21. The molecule has 0 aliphatic rings. The molecule has 0 spiro atoms. The number of hydrogen-bond donors (Lipinski definition) is 3. The third-order valence-electron chi connectivity index (χ3n) is 1.75. The number of primary amides is 1. The molecule has 6 nitrogen and oxygen atoms in total. The quantitative estimate of drug-likeness (QED) is 0.620. The summed E-state index contributed by atoms with van der Waals surface area (Å²) in [5.74, 6) is -0.445. The van der Waals surface area contributed by atoms with Crippen molar-refractivity contribution in [2.45, 2.75) is 17.1 Å². The standard InChI is InChI=1S/C8H13N3O3S2/c9-6-4-8(15-5-6)16(13,14)11-3-1-2-7(10)12/h4-5,11H,1-3,9H2,(H2,10,12). The van der Waals surface area contributed by atoms with E-state index < -0.39 is 15.9 Å². The van der Waals surface area contributed by atoms with Gasteiger partial charge in [-0.2, -0.15) is 0 Å². The van der Waals surface area contributed by atoms with Gasteiger partial charge in [-0.3, -0.25) is 4.79 Å². The molecule has 0 aliphatic heterocycles. The lowest BCUT2D eigenvalue weighted by Crippen LogP contribution is -2.25. The molecule has 0 aliphatic carbocycles. The number of carbonyl (C=O) groups excluding carboxylic acids is 1. The summed E-state index contributed by atoms with van der Waals surface area (Å²) in [5, 5.41) is 1.55. The van der Waals surface area contributed by atoms with Crippen LogP contribution in [0, 0.1) is 0 Å². The molecule has 1 rings (SSSR count). The van der Waals surface area contributed by atoms with Crippen LogP contribution < -0.4 is 16.2 Å². The number of carbonyl (C=O) groups is 1. The van der Waals surface area contributed by atoms with Crippen LogP contribution in [0.4, 0.5) is 5.69 Å². The summed E-state index contributed by atoms with van der Waals surface area (Å²) in [6.45, 7) is 0.184. The van der Waals surface area contributed by atoms with Crippen molar-refractivity contribution in [2.75, 3.05) is 12.3 Å². The second kappa shape index (κ2) is 5.28. The first-order valence-corrected chi connectivity index (χ1v) is 6.90. The van der Waals surface area contributed by atoms with E-state index in [1.165, 1.54) is 6.07 Å². The van der Waals surface area contributed by atoms with Crippen LogP contribution in [0.3, 0.4) is 0 Å². The lowest BCUT2D eigenvalue weighted by atomic mass is 10.3. The second-order valence-corrected chi connectivity index (χ2v) is 6.07. The van der Waals surface area contributed by atoms with Crippen LogP contribution in [-0.2, 0) is 14.8 Å². The molecule has 0 bridgehead atoms. The maximum absolute atomic E-state index is 11.6. The van der Waals surface area contributed by atoms with Crippen LogP contribution in [0.1, 0.15) is 12.8 Å². The summed E-state index contributed by atoms with van der Waals surface area (Å²) in [5.41, 5.74) is 10.8. The van der Waals surface area contributed by atoms with Gasteiger partial charge in [-0.25, -0.2) is 13.1 Å². The van der Waals surface area contributed by atoms with Crippen molar-refractivity contribution in [1.82, 2.24) is 4.72 Å². The zero-order valence-electron chi connectivity index (χ0n) is 8.47. The van der Waals surface area contributed by atoms with E-state index in [1.54, 1.807) is 5.38 Å². The summed E-state index contributed by atoms with van der Waals surface area (Å²) in [4.78, 5) is 10.4. The van der Waals surface area contributed by atoms with Gasteiger partial charge in [0.1, 0.15) is 4.21 Å². The summed E-state index contributed by atoms with van der Waals surface area (Å²) in [7, 11) is -3.50. The Balaban J connectivity index is 2.50. The zero-order valence-corrected chi connectivity index (χ0v) is 10.1. The van der Waals surface area contributed by atoms with Gasteiger partial charge in [0.15, 0.2) is 0 Å². The molecule has 1 heterocycles. The topological polar surface area (TPSA) is 115 Å². The molecule has 5 N–H and O–H groups in total. The first kappa shape index (κ1) is 12.9. The second-order valence-electron chi connectivity index (χ2n) is 3.17. The lowest BCUT2D eigenvalue weighted by molar-refractivity contribution is -0.118. The molecule has 0 unspecified atom stereocenters. The van der Waals surface area contributed by atoms with Crippen molar-refractivity contribution in [3.05, 3.63) is 11.4 Å². The smallest absolute Gasteiger partial charge is 0.250 e. The van der Waals surface area contributed by atoms with Crippen molar-refractivity contribution in [3.8, 4) is 0 Å². The first-order valence-electron chi connectivity index (χ1n) is 4.54. The average molecular weight is 263 g/mol. The van der Waals surface area contributed by atoms with E-state index >= 15 is 0 Å². The SMILES string of the molecule is NC(=O)CCCNS(=O)(=O)c1cc(N)cs1. The Morgan fingerprint density at radius 2 is 2.19 bits per heavy atom. The minimum Gasteiger partial charge on any atom is -0.398 e. The van der Waals surface area contributed by atoms with Crippen LogP contribution in [0.15, 0.2) is 15.7 Å². The van der Waals surface area contributed by atoms with Gasteiger partial charge in [-0.05, 0) is 12.5 Å². The van der Waals surface area contributed by atoms with E-state index in [-0.39, 0.29) is 17.2 Å². The van der Waals surface area contributed by atoms with E-state index in [0.29, 0.717) is 12.1 Å². The Labute approximate surface area is 97.7 Å². The summed E-state index contributed by atoms with van der Waals surface area (Å²) in [6, 6.07) is 1.39. The van der Waals surface area contributed by atoms with Crippen LogP contribution in [0.25, 0.3) is 0 Å². The normalized spacial score (nSPS) is 11.5. The summed E-state index contributed by atoms with van der Waals surface area (Å²) >= 11 is 1.05. The first-order chi connectivity index (χ1) is 7.42. The van der Waals surface area contributed by atoms with Gasteiger partial charge in [0.05, 0.1) is 0 Å². The van der Waals surface area contributed by atoms with Crippen LogP contribution in [0.5, 0.6) is 0 Å². The minimum atomic E-state index is -3.50. The molecule has 0 atom stereocenters. The molecule has 0 saturated carbocycles. The van der Waals surface area contributed by atoms with Gasteiger partial charge < -0.3 is 11.5 Å². The summed E-state index contributed by atoms with van der Waals surface area (Å²) in [6.07, 6.45) is 0.546. The highest BCUT2D eigenvalue weighted by atomic mass is 32.2. The van der Waals surface area contributed by atoms with E-state index in [1.807, 2.05) is 0 Å². The Kier molecular flexibility index (Phi) is 4.27.